The van der Waals surface area contributed by atoms with E-state index in [-0.39, 0.29) is 5.54 Å². The molecule has 1 aliphatic heterocycles. The molecule has 19 heavy (non-hydrogen) atoms. The molecule has 0 bridgehead atoms. The molecule has 0 amide bonds. The zero-order valence-electron chi connectivity index (χ0n) is 11.5. The second kappa shape index (κ2) is 5.45. The van der Waals surface area contributed by atoms with Crippen molar-refractivity contribution in [3.63, 3.8) is 0 Å². The van der Waals surface area contributed by atoms with Gasteiger partial charge in [0.25, 0.3) is 0 Å². The summed E-state index contributed by atoms with van der Waals surface area (Å²) in [5.41, 5.74) is 9.39. The molecule has 0 atom stereocenters. The smallest absolute Gasteiger partial charge is 0.0441 e. The van der Waals surface area contributed by atoms with E-state index < -0.39 is 0 Å². The quantitative estimate of drug-likeness (QED) is 0.885. The van der Waals surface area contributed by atoms with Crippen molar-refractivity contribution in [3.8, 4) is 0 Å². The molecule has 2 nitrogen and oxygen atoms in total. The fraction of sp³-hybridized carbons (Fsp3) is 0.625. The van der Waals surface area contributed by atoms with Gasteiger partial charge in [0.05, 0.1) is 0 Å². The van der Waals surface area contributed by atoms with E-state index in [0.29, 0.717) is 0 Å². The summed E-state index contributed by atoms with van der Waals surface area (Å²) in [7, 11) is 0. The zero-order valence-corrected chi connectivity index (χ0v) is 13.1. The van der Waals surface area contributed by atoms with Crippen LogP contribution < -0.4 is 10.6 Å². The van der Waals surface area contributed by atoms with Crippen LogP contribution in [0.5, 0.6) is 0 Å². The standard InChI is InChI=1S/C16H23BrN2/c17-13-7-6-8-14(19-11-4-5-12-19)15(13)16(18)9-2-1-3-10-16/h6-8H,1-5,9-12,18H2. The van der Waals surface area contributed by atoms with Crippen LogP contribution in [-0.4, -0.2) is 13.1 Å². The van der Waals surface area contributed by atoms with Crippen LogP contribution in [0.2, 0.25) is 0 Å². The molecule has 3 rings (SSSR count). The maximum absolute atomic E-state index is 6.79. The van der Waals surface area contributed by atoms with Gasteiger partial charge in [-0.25, -0.2) is 0 Å². The molecule has 1 aromatic carbocycles. The van der Waals surface area contributed by atoms with Gasteiger partial charge in [-0.1, -0.05) is 41.3 Å². The summed E-state index contributed by atoms with van der Waals surface area (Å²) in [4.78, 5) is 2.52. The minimum absolute atomic E-state index is 0.129. The zero-order chi connectivity index (χ0) is 13.3. The molecule has 0 radical (unpaired) electrons. The van der Waals surface area contributed by atoms with Crippen LogP contribution in [-0.2, 0) is 5.54 Å². The van der Waals surface area contributed by atoms with Gasteiger partial charge in [-0.05, 0) is 37.8 Å². The average Bonchev–Trinajstić information content (AvgIpc) is 2.93. The van der Waals surface area contributed by atoms with Gasteiger partial charge in [-0.3, -0.25) is 0 Å². The number of nitrogens with zero attached hydrogens (tertiary/aromatic N) is 1. The highest BCUT2D eigenvalue weighted by molar-refractivity contribution is 9.10. The Kier molecular flexibility index (Phi) is 3.86. The lowest BCUT2D eigenvalue weighted by Gasteiger charge is -2.38. The van der Waals surface area contributed by atoms with E-state index in [9.17, 15) is 0 Å². The first-order valence-electron chi connectivity index (χ1n) is 7.53. The van der Waals surface area contributed by atoms with Gasteiger partial charge in [0.15, 0.2) is 0 Å². The number of nitrogens with two attached hydrogens (primary N) is 1. The van der Waals surface area contributed by atoms with E-state index >= 15 is 0 Å². The van der Waals surface area contributed by atoms with E-state index in [1.54, 1.807) is 0 Å². The normalized spacial score (nSPS) is 22.7. The number of hydrogen-bond acceptors (Lipinski definition) is 2. The predicted molar refractivity (Wildman–Crippen MR) is 84.5 cm³/mol. The summed E-state index contributed by atoms with van der Waals surface area (Å²) in [6, 6.07) is 6.56. The Hall–Kier alpha value is -0.540. The van der Waals surface area contributed by atoms with E-state index in [1.807, 2.05) is 0 Å². The molecule has 0 spiro atoms. The lowest BCUT2D eigenvalue weighted by atomic mass is 9.76. The summed E-state index contributed by atoms with van der Waals surface area (Å²) < 4.78 is 1.20. The Morgan fingerprint density at radius 2 is 1.68 bits per heavy atom. The van der Waals surface area contributed by atoms with Crippen LogP contribution in [0, 0.1) is 0 Å². The number of benzene rings is 1. The Morgan fingerprint density at radius 3 is 2.37 bits per heavy atom. The van der Waals surface area contributed by atoms with Gasteiger partial charge in [0.1, 0.15) is 0 Å². The summed E-state index contributed by atoms with van der Waals surface area (Å²) >= 11 is 3.76. The third-order valence-electron chi connectivity index (χ3n) is 4.68. The van der Waals surface area contributed by atoms with Gasteiger partial charge in [-0.15, -0.1) is 0 Å². The highest BCUT2D eigenvalue weighted by Gasteiger charge is 2.34. The van der Waals surface area contributed by atoms with Gasteiger partial charge < -0.3 is 10.6 Å². The van der Waals surface area contributed by atoms with Crippen molar-refractivity contribution in [1.82, 2.24) is 0 Å². The van der Waals surface area contributed by atoms with Crippen LogP contribution in [0.15, 0.2) is 22.7 Å². The Morgan fingerprint density at radius 1 is 1.00 bits per heavy atom. The van der Waals surface area contributed by atoms with Crippen molar-refractivity contribution < 1.29 is 0 Å². The van der Waals surface area contributed by atoms with Gasteiger partial charge >= 0.3 is 0 Å². The number of hydrogen-bond donors (Lipinski definition) is 1. The summed E-state index contributed by atoms with van der Waals surface area (Å²) in [6.07, 6.45) is 8.72. The third-order valence-corrected chi connectivity index (χ3v) is 5.34. The fourth-order valence-electron chi connectivity index (χ4n) is 3.66. The van der Waals surface area contributed by atoms with Crippen molar-refractivity contribution in [2.45, 2.75) is 50.5 Å². The van der Waals surface area contributed by atoms with Gasteiger partial charge in [-0.2, -0.15) is 0 Å². The van der Waals surface area contributed by atoms with E-state index in [1.165, 1.54) is 60.9 Å². The molecule has 0 aromatic heterocycles. The van der Waals surface area contributed by atoms with E-state index in [4.69, 9.17) is 5.73 Å². The molecule has 1 saturated carbocycles. The molecule has 1 saturated heterocycles. The minimum atomic E-state index is -0.129. The SMILES string of the molecule is NC1(c2c(Br)cccc2N2CCCC2)CCCCC1. The third kappa shape index (κ3) is 2.55. The molecule has 1 heterocycles. The van der Waals surface area contributed by atoms with Gasteiger partial charge in [0, 0.05) is 34.4 Å². The number of rotatable bonds is 2. The maximum atomic E-state index is 6.79. The molecular weight excluding hydrogens is 300 g/mol. The highest BCUT2D eigenvalue weighted by Crippen LogP contribution is 2.43. The van der Waals surface area contributed by atoms with Crippen LogP contribution in [0.1, 0.15) is 50.5 Å². The lowest BCUT2D eigenvalue weighted by molar-refractivity contribution is 0.301. The van der Waals surface area contributed by atoms with Crippen LogP contribution in [0.4, 0.5) is 5.69 Å². The van der Waals surface area contributed by atoms with Crippen molar-refractivity contribution in [2.75, 3.05) is 18.0 Å². The molecule has 104 valence electrons. The average molecular weight is 323 g/mol. The second-order valence-electron chi connectivity index (χ2n) is 6.04. The van der Waals surface area contributed by atoms with E-state index in [0.717, 1.165) is 12.8 Å². The highest BCUT2D eigenvalue weighted by atomic mass is 79.9. The number of anilines is 1. The topological polar surface area (TPSA) is 29.3 Å². The van der Waals surface area contributed by atoms with Crippen LogP contribution in [0.25, 0.3) is 0 Å². The maximum Gasteiger partial charge on any atom is 0.0441 e. The number of halogens is 1. The van der Waals surface area contributed by atoms with Crippen molar-refractivity contribution in [1.29, 1.82) is 0 Å². The van der Waals surface area contributed by atoms with Crippen molar-refractivity contribution in [3.05, 3.63) is 28.2 Å². The first kappa shape index (κ1) is 13.4. The molecule has 2 aliphatic rings. The summed E-state index contributed by atoms with van der Waals surface area (Å²) in [6.45, 7) is 2.36. The Bertz CT molecular complexity index is 446. The fourth-order valence-corrected chi connectivity index (χ4v) is 4.41. The minimum Gasteiger partial charge on any atom is -0.371 e. The van der Waals surface area contributed by atoms with E-state index in [2.05, 4.69) is 39.0 Å². The van der Waals surface area contributed by atoms with Crippen molar-refractivity contribution in [2.24, 2.45) is 5.73 Å². The summed E-state index contributed by atoms with van der Waals surface area (Å²) in [5, 5.41) is 0. The van der Waals surface area contributed by atoms with Crippen LogP contribution in [0.3, 0.4) is 0 Å². The monoisotopic (exact) mass is 322 g/mol. The first-order valence-corrected chi connectivity index (χ1v) is 8.33. The molecule has 1 aliphatic carbocycles. The van der Waals surface area contributed by atoms with Crippen LogP contribution >= 0.6 is 15.9 Å². The van der Waals surface area contributed by atoms with Crippen molar-refractivity contribution >= 4 is 21.6 Å². The first-order chi connectivity index (χ1) is 9.21. The predicted octanol–water partition coefficient (Wildman–Crippen LogP) is 4.17. The Labute approximate surface area is 124 Å². The summed E-state index contributed by atoms with van der Waals surface area (Å²) in [5.74, 6) is 0. The lowest BCUT2D eigenvalue weighted by Crippen LogP contribution is -2.40. The largest absolute Gasteiger partial charge is 0.371 e. The Balaban J connectivity index is 2.02. The molecule has 2 N–H and O–H groups in total. The second-order valence-corrected chi connectivity index (χ2v) is 6.90. The molecule has 1 aromatic rings. The molecule has 0 unspecified atom stereocenters. The van der Waals surface area contributed by atoms with Gasteiger partial charge in [0.2, 0.25) is 0 Å². The molecular formula is C16H23BrN2. The molecule has 3 heteroatoms. The molecule has 2 fully saturated rings.